The van der Waals surface area contributed by atoms with Crippen LogP contribution in [0, 0.1) is 22.7 Å². The molecule has 0 N–H and O–H groups in total. The lowest BCUT2D eigenvalue weighted by molar-refractivity contribution is 0.577. The second kappa shape index (κ2) is 12.1. The van der Waals surface area contributed by atoms with E-state index in [0.717, 1.165) is 48.8 Å². The number of piperidine rings is 2. The van der Waals surface area contributed by atoms with Crippen molar-refractivity contribution in [2.75, 3.05) is 36.0 Å². The normalized spacial score (nSPS) is 15.4. The Morgan fingerprint density at radius 3 is 1.74 bits per heavy atom. The van der Waals surface area contributed by atoms with Gasteiger partial charge in [-0.05, 0) is 74.9 Å². The molecule has 0 aromatic carbocycles. The molecule has 0 atom stereocenters. The van der Waals surface area contributed by atoms with Crippen LogP contribution in [0.5, 0.6) is 0 Å². The molecule has 2 aliphatic rings. The zero-order valence-electron chi connectivity index (χ0n) is 19.7. The van der Waals surface area contributed by atoms with Crippen LogP contribution in [0.1, 0.15) is 49.9 Å². The Morgan fingerprint density at radius 2 is 1.20 bits per heavy atom. The van der Waals surface area contributed by atoms with Gasteiger partial charge < -0.3 is 9.80 Å². The number of rotatable bonds is 3. The predicted molar refractivity (Wildman–Crippen MR) is 138 cm³/mol. The van der Waals surface area contributed by atoms with Crippen LogP contribution in [-0.2, 0) is 0 Å². The van der Waals surface area contributed by atoms with E-state index in [-0.39, 0.29) is 0 Å². The highest BCUT2D eigenvalue weighted by Crippen LogP contribution is 2.26. The number of anilines is 2. The highest BCUT2D eigenvalue weighted by atomic mass is 35.5. The Morgan fingerprint density at radius 1 is 0.686 bits per heavy atom. The smallest absolute Gasteiger partial charge is 0.144 e. The van der Waals surface area contributed by atoms with Crippen LogP contribution >= 0.6 is 11.6 Å². The number of hydrogen-bond donors (Lipinski definition) is 0. The summed E-state index contributed by atoms with van der Waals surface area (Å²) < 4.78 is 0. The van der Waals surface area contributed by atoms with Crippen LogP contribution in [-0.4, -0.2) is 41.1 Å². The molecule has 8 heteroatoms. The van der Waals surface area contributed by atoms with E-state index in [2.05, 4.69) is 36.9 Å². The van der Waals surface area contributed by atoms with Gasteiger partial charge in [-0.3, -0.25) is 4.98 Å². The maximum Gasteiger partial charge on any atom is 0.144 e. The van der Waals surface area contributed by atoms with Gasteiger partial charge in [-0.2, -0.15) is 10.5 Å². The summed E-state index contributed by atoms with van der Waals surface area (Å²) in [4.78, 5) is 17.0. The van der Waals surface area contributed by atoms with E-state index in [9.17, 15) is 5.26 Å². The third-order valence-corrected chi connectivity index (χ3v) is 6.43. The van der Waals surface area contributed by atoms with Gasteiger partial charge in [0.25, 0.3) is 0 Å². The number of nitriles is 2. The third-order valence-electron chi connectivity index (χ3n) is 6.24. The van der Waals surface area contributed by atoms with E-state index in [1.54, 1.807) is 18.5 Å². The standard InChI is InChI=1S/C16H16N4.C11H12ClN3/c17-12-14-10-15(20-8-2-1-3-9-20)11-16(19-14)13-4-6-18-7-5-13;12-11-7-10(6-9(8-13)14-11)15-4-2-1-3-5-15/h4-7,10-11H,1-3,8-9H2;6-7H,1-5H2. The lowest BCUT2D eigenvalue weighted by Crippen LogP contribution is -2.29. The maximum absolute atomic E-state index is 9.19. The molecule has 3 aromatic heterocycles. The average molecular weight is 486 g/mol. The van der Waals surface area contributed by atoms with Gasteiger partial charge in [-0.1, -0.05) is 11.6 Å². The van der Waals surface area contributed by atoms with Gasteiger partial charge >= 0.3 is 0 Å². The fraction of sp³-hybridized carbons (Fsp3) is 0.370. The quantitative estimate of drug-likeness (QED) is 0.445. The van der Waals surface area contributed by atoms with Crippen LogP contribution in [0.3, 0.4) is 0 Å². The van der Waals surface area contributed by atoms with Gasteiger partial charge in [0.2, 0.25) is 0 Å². The number of pyridine rings is 3. The molecular weight excluding hydrogens is 458 g/mol. The highest BCUT2D eigenvalue weighted by Gasteiger charge is 2.14. The van der Waals surface area contributed by atoms with Crippen molar-refractivity contribution in [1.29, 1.82) is 10.5 Å². The molecule has 0 radical (unpaired) electrons. The fourth-order valence-electron chi connectivity index (χ4n) is 4.45. The molecule has 0 amide bonds. The topological polar surface area (TPSA) is 92.7 Å². The van der Waals surface area contributed by atoms with Crippen LogP contribution in [0.25, 0.3) is 11.3 Å². The third kappa shape index (κ3) is 6.68. The molecule has 178 valence electrons. The van der Waals surface area contributed by atoms with E-state index < -0.39 is 0 Å². The second-order valence-corrected chi connectivity index (χ2v) is 9.07. The summed E-state index contributed by atoms with van der Waals surface area (Å²) in [7, 11) is 0. The molecule has 5 heterocycles. The monoisotopic (exact) mass is 485 g/mol. The zero-order valence-corrected chi connectivity index (χ0v) is 20.5. The predicted octanol–water partition coefficient (Wildman–Crippen LogP) is 5.60. The summed E-state index contributed by atoms with van der Waals surface area (Å²) in [5.41, 5.74) is 4.82. The number of nitrogens with zero attached hydrogens (tertiary/aromatic N) is 7. The van der Waals surface area contributed by atoms with Crippen molar-refractivity contribution in [3.8, 4) is 23.4 Å². The van der Waals surface area contributed by atoms with Gasteiger partial charge in [0.05, 0.1) is 5.69 Å². The number of aromatic nitrogens is 3. The van der Waals surface area contributed by atoms with Crippen molar-refractivity contribution in [1.82, 2.24) is 15.0 Å². The zero-order chi connectivity index (χ0) is 24.5. The molecule has 0 aliphatic carbocycles. The molecule has 35 heavy (non-hydrogen) atoms. The minimum Gasteiger partial charge on any atom is -0.371 e. The first-order valence-electron chi connectivity index (χ1n) is 12.1. The largest absolute Gasteiger partial charge is 0.371 e. The number of halogens is 1. The van der Waals surface area contributed by atoms with Crippen molar-refractivity contribution in [2.45, 2.75) is 38.5 Å². The Bertz CT molecular complexity index is 1200. The first-order valence-corrected chi connectivity index (χ1v) is 12.4. The van der Waals surface area contributed by atoms with Crippen molar-refractivity contribution in [3.05, 3.63) is 65.3 Å². The Hall–Kier alpha value is -3.68. The van der Waals surface area contributed by atoms with Gasteiger partial charge in [-0.25, -0.2) is 9.97 Å². The highest BCUT2D eigenvalue weighted by molar-refractivity contribution is 6.29. The Labute approximate surface area is 211 Å². The summed E-state index contributed by atoms with van der Waals surface area (Å²) in [6, 6.07) is 15.6. The Kier molecular flexibility index (Phi) is 8.48. The van der Waals surface area contributed by atoms with Crippen molar-refractivity contribution in [3.63, 3.8) is 0 Å². The van der Waals surface area contributed by atoms with Gasteiger partial charge in [0.1, 0.15) is 28.7 Å². The summed E-state index contributed by atoms with van der Waals surface area (Å²) in [6.07, 6.45) is 10.9. The molecule has 0 bridgehead atoms. The molecule has 2 saturated heterocycles. The minimum absolute atomic E-state index is 0.392. The number of hydrogen-bond acceptors (Lipinski definition) is 7. The van der Waals surface area contributed by atoms with Gasteiger partial charge in [-0.15, -0.1) is 0 Å². The molecule has 0 spiro atoms. The summed E-state index contributed by atoms with van der Waals surface area (Å²) in [5, 5.41) is 18.4. The van der Waals surface area contributed by atoms with E-state index in [1.165, 1.54) is 38.5 Å². The second-order valence-electron chi connectivity index (χ2n) is 8.68. The SMILES string of the molecule is N#Cc1cc(N2CCCCC2)cc(-c2ccncc2)n1.N#Cc1cc(N2CCCCC2)cc(Cl)n1. The first-order chi connectivity index (χ1) is 17.2. The summed E-state index contributed by atoms with van der Waals surface area (Å²) in [5.74, 6) is 0. The van der Waals surface area contributed by atoms with E-state index in [0.29, 0.717) is 16.5 Å². The van der Waals surface area contributed by atoms with E-state index >= 15 is 0 Å². The van der Waals surface area contributed by atoms with Crippen LogP contribution < -0.4 is 9.80 Å². The molecular formula is C27H28ClN7. The minimum atomic E-state index is 0.392. The molecule has 7 nitrogen and oxygen atoms in total. The van der Waals surface area contributed by atoms with Crippen molar-refractivity contribution >= 4 is 23.0 Å². The Balaban J connectivity index is 0.000000172. The van der Waals surface area contributed by atoms with Crippen LogP contribution in [0.2, 0.25) is 5.15 Å². The lowest BCUT2D eigenvalue weighted by atomic mass is 10.1. The van der Waals surface area contributed by atoms with E-state index in [4.69, 9.17) is 16.9 Å². The van der Waals surface area contributed by atoms with Gasteiger partial charge in [0.15, 0.2) is 0 Å². The molecule has 3 aromatic rings. The molecule has 2 aliphatic heterocycles. The van der Waals surface area contributed by atoms with Crippen molar-refractivity contribution < 1.29 is 0 Å². The van der Waals surface area contributed by atoms with E-state index in [1.807, 2.05) is 30.3 Å². The van der Waals surface area contributed by atoms with Crippen LogP contribution in [0.4, 0.5) is 11.4 Å². The summed E-state index contributed by atoms with van der Waals surface area (Å²) >= 11 is 5.86. The maximum atomic E-state index is 9.19. The van der Waals surface area contributed by atoms with Crippen LogP contribution in [0.15, 0.2) is 48.8 Å². The lowest BCUT2D eigenvalue weighted by Gasteiger charge is -2.29. The molecule has 5 rings (SSSR count). The van der Waals surface area contributed by atoms with Gasteiger partial charge in [0, 0.05) is 55.5 Å². The average Bonchev–Trinajstić information content (AvgIpc) is 2.94. The molecule has 0 unspecified atom stereocenters. The first kappa shape index (κ1) is 24.4. The molecule has 0 saturated carbocycles. The van der Waals surface area contributed by atoms with Crippen molar-refractivity contribution in [2.24, 2.45) is 0 Å². The summed E-state index contributed by atoms with van der Waals surface area (Å²) in [6.45, 7) is 4.21. The molecule has 2 fully saturated rings. The fourth-order valence-corrected chi connectivity index (χ4v) is 4.66.